The van der Waals surface area contributed by atoms with Crippen LogP contribution in [-0.4, -0.2) is 84.2 Å². The number of unbranched alkanes of at least 4 members (excludes halogenated alkanes) is 1. The van der Waals surface area contributed by atoms with Gasteiger partial charge in [0.05, 0.1) is 11.9 Å². The van der Waals surface area contributed by atoms with Crippen molar-refractivity contribution in [1.29, 1.82) is 0 Å². The van der Waals surface area contributed by atoms with Crippen LogP contribution in [0.5, 0.6) is 0 Å². The SMILES string of the molecule is CCCCNC(=NCC(=O)N(C)C)N1CCN(c2cnn(C)c2)C(=O)C1.I. The highest BCUT2D eigenvalue weighted by atomic mass is 127. The summed E-state index contributed by atoms with van der Waals surface area (Å²) in [6.45, 7) is 4.38. The number of halogens is 1. The summed E-state index contributed by atoms with van der Waals surface area (Å²) in [4.78, 5) is 34.0. The topological polar surface area (TPSA) is 86.1 Å². The van der Waals surface area contributed by atoms with Crippen LogP contribution in [0.4, 0.5) is 5.69 Å². The second-order valence-electron chi connectivity index (χ2n) is 6.55. The highest BCUT2D eigenvalue weighted by molar-refractivity contribution is 14.0. The highest BCUT2D eigenvalue weighted by Gasteiger charge is 2.27. The number of guanidine groups is 1. The number of aryl methyl sites for hydroxylation is 1. The molecule has 152 valence electrons. The van der Waals surface area contributed by atoms with E-state index in [-0.39, 0.29) is 48.9 Å². The molecule has 27 heavy (non-hydrogen) atoms. The van der Waals surface area contributed by atoms with E-state index in [2.05, 4.69) is 22.3 Å². The number of carbonyl (C=O) groups excluding carboxylic acids is 2. The summed E-state index contributed by atoms with van der Waals surface area (Å²) < 4.78 is 1.68. The van der Waals surface area contributed by atoms with Gasteiger partial charge in [-0.25, -0.2) is 4.99 Å². The van der Waals surface area contributed by atoms with Gasteiger partial charge >= 0.3 is 0 Å². The van der Waals surface area contributed by atoms with Crippen molar-refractivity contribution in [2.75, 3.05) is 51.7 Å². The van der Waals surface area contributed by atoms with E-state index in [1.807, 2.05) is 18.1 Å². The fourth-order valence-electron chi connectivity index (χ4n) is 2.60. The number of nitrogens with zero attached hydrogens (tertiary/aromatic N) is 6. The summed E-state index contributed by atoms with van der Waals surface area (Å²) in [6.07, 6.45) is 5.59. The molecule has 10 heteroatoms. The Morgan fingerprint density at radius 1 is 1.37 bits per heavy atom. The van der Waals surface area contributed by atoms with Gasteiger partial charge in [0, 0.05) is 47.0 Å². The first kappa shape index (κ1) is 23.2. The molecule has 1 N–H and O–H groups in total. The van der Waals surface area contributed by atoms with Crippen molar-refractivity contribution < 1.29 is 9.59 Å². The van der Waals surface area contributed by atoms with E-state index >= 15 is 0 Å². The molecule has 0 unspecified atom stereocenters. The zero-order chi connectivity index (χ0) is 19.1. The van der Waals surface area contributed by atoms with E-state index in [4.69, 9.17) is 0 Å². The number of hydrogen-bond acceptors (Lipinski definition) is 4. The van der Waals surface area contributed by atoms with Gasteiger partial charge in [0.2, 0.25) is 11.8 Å². The average molecular weight is 491 g/mol. The lowest BCUT2D eigenvalue weighted by atomic mass is 10.3. The van der Waals surface area contributed by atoms with E-state index in [0.717, 1.165) is 25.1 Å². The van der Waals surface area contributed by atoms with Crippen LogP contribution in [-0.2, 0) is 16.6 Å². The summed E-state index contributed by atoms with van der Waals surface area (Å²) in [5, 5.41) is 7.41. The van der Waals surface area contributed by atoms with Crippen molar-refractivity contribution in [3.8, 4) is 0 Å². The molecule has 0 saturated carbocycles. The molecular weight excluding hydrogens is 461 g/mol. The van der Waals surface area contributed by atoms with E-state index in [1.54, 1.807) is 29.9 Å². The summed E-state index contributed by atoms with van der Waals surface area (Å²) in [5.74, 6) is 0.543. The molecule has 0 radical (unpaired) electrons. The minimum absolute atomic E-state index is 0. The normalized spacial score (nSPS) is 14.8. The maximum Gasteiger partial charge on any atom is 0.246 e. The Morgan fingerprint density at radius 3 is 2.67 bits per heavy atom. The molecule has 1 aromatic heterocycles. The van der Waals surface area contributed by atoms with Gasteiger partial charge in [0.15, 0.2) is 5.96 Å². The van der Waals surface area contributed by atoms with Crippen LogP contribution in [0.1, 0.15) is 19.8 Å². The van der Waals surface area contributed by atoms with Crippen LogP contribution in [0.2, 0.25) is 0 Å². The lowest BCUT2D eigenvalue weighted by molar-refractivity contribution is -0.127. The Bertz CT molecular complexity index is 659. The highest BCUT2D eigenvalue weighted by Crippen LogP contribution is 2.16. The first-order valence-corrected chi connectivity index (χ1v) is 8.94. The molecule has 2 rings (SSSR count). The summed E-state index contributed by atoms with van der Waals surface area (Å²) in [5.41, 5.74) is 0.803. The van der Waals surface area contributed by atoms with Crippen LogP contribution in [0.3, 0.4) is 0 Å². The molecular formula is C17H30IN7O2. The van der Waals surface area contributed by atoms with E-state index in [0.29, 0.717) is 19.0 Å². The van der Waals surface area contributed by atoms with Crippen molar-refractivity contribution in [2.45, 2.75) is 19.8 Å². The Labute approximate surface area is 177 Å². The lowest BCUT2D eigenvalue weighted by Crippen LogP contribution is -2.55. The van der Waals surface area contributed by atoms with Crippen LogP contribution < -0.4 is 10.2 Å². The number of amides is 2. The molecule has 2 heterocycles. The molecule has 1 aliphatic heterocycles. The van der Waals surface area contributed by atoms with E-state index in [1.165, 1.54) is 4.90 Å². The Kier molecular flexibility index (Phi) is 9.53. The number of aliphatic imine (C=N–C) groups is 1. The third kappa shape index (κ3) is 6.67. The number of likely N-dealkylation sites (N-methyl/N-ethyl adjacent to an activating group) is 1. The van der Waals surface area contributed by atoms with Crippen LogP contribution >= 0.6 is 24.0 Å². The number of rotatable bonds is 6. The molecule has 0 spiro atoms. The maximum atomic E-state index is 12.6. The zero-order valence-corrected chi connectivity index (χ0v) is 18.8. The standard InChI is InChI=1S/C17H29N7O2.HI/c1-5-6-7-18-17(19-11-15(25)21(2)3)23-8-9-24(16(26)13-23)14-10-20-22(4)12-14;/h10,12H,5-9,11,13H2,1-4H3,(H,18,19);1H. The van der Waals surface area contributed by atoms with Gasteiger partial charge in [-0.15, -0.1) is 24.0 Å². The van der Waals surface area contributed by atoms with Gasteiger partial charge in [-0.2, -0.15) is 5.10 Å². The zero-order valence-electron chi connectivity index (χ0n) is 16.5. The molecule has 1 aromatic rings. The largest absolute Gasteiger partial charge is 0.356 e. The van der Waals surface area contributed by atoms with Crippen molar-refractivity contribution in [1.82, 2.24) is 24.9 Å². The smallest absolute Gasteiger partial charge is 0.246 e. The second kappa shape index (κ2) is 11.1. The minimum atomic E-state index is -0.0693. The number of carbonyl (C=O) groups is 2. The number of hydrogen-bond donors (Lipinski definition) is 1. The van der Waals surface area contributed by atoms with Crippen molar-refractivity contribution in [3.05, 3.63) is 12.4 Å². The van der Waals surface area contributed by atoms with Crippen molar-refractivity contribution >= 4 is 47.4 Å². The third-order valence-corrected chi connectivity index (χ3v) is 4.20. The summed E-state index contributed by atoms with van der Waals surface area (Å²) in [7, 11) is 5.24. The molecule has 0 atom stereocenters. The number of anilines is 1. The molecule has 1 saturated heterocycles. The maximum absolute atomic E-state index is 12.6. The van der Waals surface area contributed by atoms with Gasteiger partial charge in [0.25, 0.3) is 0 Å². The van der Waals surface area contributed by atoms with Gasteiger partial charge in [0.1, 0.15) is 13.1 Å². The van der Waals surface area contributed by atoms with Crippen LogP contribution in [0, 0.1) is 0 Å². The van der Waals surface area contributed by atoms with Gasteiger partial charge in [-0.1, -0.05) is 13.3 Å². The molecule has 2 amide bonds. The Hall–Kier alpha value is -1.85. The third-order valence-electron chi connectivity index (χ3n) is 4.20. The van der Waals surface area contributed by atoms with Gasteiger partial charge in [-0.3, -0.25) is 14.3 Å². The fraction of sp³-hybridized carbons (Fsp3) is 0.647. The fourth-order valence-corrected chi connectivity index (χ4v) is 2.60. The Morgan fingerprint density at radius 2 is 2.11 bits per heavy atom. The monoisotopic (exact) mass is 491 g/mol. The quantitative estimate of drug-likeness (QED) is 0.272. The molecule has 1 aliphatic rings. The predicted molar refractivity (Wildman–Crippen MR) is 116 cm³/mol. The van der Waals surface area contributed by atoms with Crippen molar-refractivity contribution in [3.63, 3.8) is 0 Å². The van der Waals surface area contributed by atoms with E-state index in [9.17, 15) is 9.59 Å². The first-order valence-electron chi connectivity index (χ1n) is 8.94. The minimum Gasteiger partial charge on any atom is -0.356 e. The summed E-state index contributed by atoms with van der Waals surface area (Å²) >= 11 is 0. The molecule has 0 aliphatic carbocycles. The lowest BCUT2D eigenvalue weighted by Gasteiger charge is -2.35. The number of aromatic nitrogens is 2. The summed E-state index contributed by atoms with van der Waals surface area (Å²) in [6, 6.07) is 0. The van der Waals surface area contributed by atoms with Crippen molar-refractivity contribution in [2.24, 2.45) is 12.0 Å². The molecule has 0 bridgehead atoms. The number of nitrogens with one attached hydrogen (secondary N) is 1. The number of piperazine rings is 1. The second-order valence-corrected chi connectivity index (χ2v) is 6.55. The average Bonchev–Trinajstić information content (AvgIpc) is 3.03. The molecule has 0 aromatic carbocycles. The van der Waals surface area contributed by atoms with E-state index < -0.39 is 0 Å². The van der Waals surface area contributed by atoms with Crippen LogP contribution in [0.25, 0.3) is 0 Å². The Balaban J connectivity index is 0.00000364. The van der Waals surface area contributed by atoms with Gasteiger partial charge < -0.3 is 20.0 Å². The predicted octanol–water partition coefficient (Wildman–Crippen LogP) is 0.521. The molecule has 9 nitrogen and oxygen atoms in total. The molecule has 1 fully saturated rings. The van der Waals surface area contributed by atoms with Gasteiger partial charge in [-0.05, 0) is 6.42 Å². The van der Waals surface area contributed by atoms with Crippen LogP contribution in [0.15, 0.2) is 17.4 Å². The first-order chi connectivity index (χ1) is 12.4.